The molecular weight excluding hydrogens is 288 g/mol. The van der Waals surface area contributed by atoms with Crippen LogP contribution in [0.2, 0.25) is 0 Å². The fourth-order valence-electron chi connectivity index (χ4n) is 2.96. The van der Waals surface area contributed by atoms with Crippen LogP contribution in [0.3, 0.4) is 0 Å². The normalized spacial score (nSPS) is 16.4. The molecule has 0 bridgehead atoms. The smallest absolute Gasteiger partial charge is 0.222 e. The molecule has 0 saturated heterocycles. The second kappa shape index (κ2) is 12.2. The van der Waals surface area contributed by atoms with Crippen LogP contribution in [0.5, 0.6) is 0 Å². The van der Waals surface area contributed by atoms with Gasteiger partial charge in [-0.3, -0.25) is 9.79 Å². The number of nitrogens with zero attached hydrogens (tertiary/aromatic N) is 1. The van der Waals surface area contributed by atoms with Crippen molar-refractivity contribution in [2.24, 2.45) is 16.8 Å². The van der Waals surface area contributed by atoms with Gasteiger partial charge in [0.15, 0.2) is 5.96 Å². The summed E-state index contributed by atoms with van der Waals surface area (Å²) in [7, 11) is 0. The molecule has 0 aromatic heterocycles. The van der Waals surface area contributed by atoms with E-state index in [9.17, 15) is 4.79 Å². The maximum atomic E-state index is 11.5. The fraction of sp³-hybridized carbons (Fsp3) is 0.889. The van der Waals surface area contributed by atoms with Crippen molar-refractivity contribution in [1.29, 1.82) is 0 Å². The third kappa shape index (κ3) is 9.47. The lowest BCUT2D eigenvalue weighted by molar-refractivity contribution is -0.123. The molecule has 3 N–H and O–H groups in total. The zero-order chi connectivity index (χ0) is 16.9. The van der Waals surface area contributed by atoms with Crippen molar-refractivity contribution < 1.29 is 4.79 Å². The van der Waals surface area contributed by atoms with E-state index in [-0.39, 0.29) is 11.8 Å². The van der Waals surface area contributed by atoms with Gasteiger partial charge in [0, 0.05) is 32.1 Å². The molecule has 0 atom stereocenters. The molecule has 1 aliphatic rings. The molecule has 0 unspecified atom stereocenters. The third-order valence-electron chi connectivity index (χ3n) is 4.35. The molecule has 0 spiro atoms. The van der Waals surface area contributed by atoms with Crippen molar-refractivity contribution in [1.82, 2.24) is 16.0 Å². The van der Waals surface area contributed by atoms with E-state index in [1.54, 1.807) is 0 Å². The lowest BCUT2D eigenvalue weighted by atomic mass is 9.86. The molecule has 1 fully saturated rings. The highest BCUT2D eigenvalue weighted by Gasteiger charge is 2.12. The van der Waals surface area contributed by atoms with Crippen LogP contribution in [0.15, 0.2) is 4.99 Å². The Morgan fingerprint density at radius 2 is 1.78 bits per heavy atom. The van der Waals surface area contributed by atoms with Crippen LogP contribution >= 0.6 is 0 Å². The molecule has 5 heteroatoms. The number of hydrogen-bond acceptors (Lipinski definition) is 2. The highest BCUT2D eigenvalue weighted by molar-refractivity contribution is 5.80. The second-order valence-electron chi connectivity index (χ2n) is 6.78. The Bertz CT molecular complexity index is 349. The van der Waals surface area contributed by atoms with Gasteiger partial charge in [-0.1, -0.05) is 46.0 Å². The van der Waals surface area contributed by atoms with Gasteiger partial charge in [0.05, 0.1) is 0 Å². The molecule has 1 rings (SSSR count). The molecule has 23 heavy (non-hydrogen) atoms. The Kier molecular flexibility index (Phi) is 10.5. The molecule has 0 heterocycles. The van der Waals surface area contributed by atoms with Crippen molar-refractivity contribution in [2.75, 3.05) is 26.2 Å². The average molecular weight is 325 g/mol. The summed E-state index contributed by atoms with van der Waals surface area (Å²) in [6.45, 7) is 8.94. The predicted octanol–water partition coefficient (Wildman–Crippen LogP) is 2.67. The lowest BCUT2D eigenvalue weighted by Gasteiger charge is -2.20. The van der Waals surface area contributed by atoms with Crippen LogP contribution < -0.4 is 16.0 Å². The van der Waals surface area contributed by atoms with Crippen LogP contribution in [-0.4, -0.2) is 38.0 Å². The van der Waals surface area contributed by atoms with Gasteiger partial charge in [-0.05, 0) is 25.7 Å². The van der Waals surface area contributed by atoms with E-state index in [1.165, 1.54) is 44.9 Å². The molecular formula is C18H36N4O. The average Bonchev–Trinajstić information content (AvgIpc) is 2.55. The van der Waals surface area contributed by atoms with Gasteiger partial charge >= 0.3 is 0 Å². The number of carbonyl (C=O) groups is 1. The summed E-state index contributed by atoms with van der Waals surface area (Å²) in [5.41, 5.74) is 0. The number of guanidine groups is 1. The van der Waals surface area contributed by atoms with Gasteiger partial charge < -0.3 is 16.0 Å². The van der Waals surface area contributed by atoms with Crippen LogP contribution in [0.25, 0.3) is 0 Å². The van der Waals surface area contributed by atoms with Gasteiger partial charge in [0.2, 0.25) is 5.91 Å². The number of hydrogen-bond donors (Lipinski definition) is 3. The van der Waals surface area contributed by atoms with Crippen molar-refractivity contribution in [3.05, 3.63) is 0 Å². The highest BCUT2D eigenvalue weighted by Crippen LogP contribution is 2.27. The van der Waals surface area contributed by atoms with Gasteiger partial charge in [-0.25, -0.2) is 0 Å². The van der Waals surface area contributed by atoms with E-state index in [0.29, 0.717) is 13.1 Å². The van der Waals surface area contributed by atoms with Crippen LogP contribution in [0.4, 0.5) is 0 Å². The summed E-state index contributed by atoms with van der Waals surface area (Å²) in [6, 6.07) is 0. The van der Waals surface area contributed by atoms with Crippen LogP contribution in [-0.2, 0) is 4.79 Å². The summed E-state index contributed by atoms with van der Waals surface area (Å²) >= 11 is 0. The Labute approximate surface area is 142 Å². The van der Waals surface area contributed by atoms with Crippen molar-refractivity contribution in [3.8, 4) is 0 Å². The van der Waals surface area contributed by atoms with E-state index >= 15 is 0 Å². The standard InChI is InChI=1S/C18H36N4O/c1-4-19-18(22-14-13-20-17(23)15(2)3)21-12-8-11-16-9-6-5-7-10-16/h15-16H,4-14H2,1-3H3,(H,20,23)(H2,19,21,22). The van der Waals surface area contributed by atoms with E-state index in [1.807, 2.05) is 13.8 Å². The first-order chi connectivity index (χ1) is 11.1. The topological polar surface area (TPSA) is 65.5 Å². The zero-order valence-electron chi connectivity index (χ0n) is 15.3. The Balaban J connectivity index is 2.17. The maximum absolute atomic E-state index is 11.5. The molecule has 0 aliphatic heterocycles. The quantitative estimate of drug-likeness (QED) is 0.347. The number of aliphatic imine (C=N–C) groups is 1. The predicted molar refractivity (Wildman–Crippen MR) is 97.6 cm³/mol. The SMILES string of the molecule is CCNC(=NCCCC1CCCCC1)NCCNC(=O)C(C)C. The van der Waals surface area contributed by atoms with E-state index in [0.717, 1.165) is 25.0 Å². The van der Waals surface area contributed by atoms with Crippen molar-refractivity contribution in [3.63, 3.8) is 0 Å². The summed E-state index contributed by atoms with van der Waals surface area (Å²) in [5, 5.41) is 9.44. The first-order valence-electron chi connectivity index (χ1n) is 9.43. The first kappa shape index (κ1) is 19.8. The Morgan fingerprint density at radius 3 is 2.43 bits per heavy atom. The maximum Gasteiger partial charge on any atom is 0.222 e. The largest absolute Gasteiger partial charge is 0.357 e. The van der Waals surface area contributed by atoms with Gasteiger partial charge in [-0.2, -0.15) is 0 Å². The van der Waals surface area contributed by atoms with Crippen LogP contribution in [0.1, 0.15) is 65.7 Å². The Morgan fingerprint density at radius 1 is 1.09 bits per heavy atom. The minimum Gasteiger partial charge on any atom is -0.357 e. The number of amides is 1. The van der Waals surface area contributed by atoms with E-state index in [4.69, 9.17) is 0 Å². The molecule has 5 nitrogen and oxygen atoms in total. The molecule has 0 aromatic carbocycles. The molecule has 0 aromatic rings. The van der Waals surface area contributed by atoms with Gasteiger partial charge in [0.25, 0.3) is 0 Å². The number of rotatable bonds is 9. The Hall–Kier alpha value is -1.26. The van der Waals surface area contributed by atoms with Crippen molar-refractivity contribution >= 4 is 11.9 Å². The molecule has 1 aliphatic carbocycles. The summed E-state index contributed by atoms with van der Waals surface area (Å²) < 4.78 is 0. The van der Waals surface area contributed by atoms with E-state index in [2.05, 4.69) is 27.9 Å². The molecule has 0 radical (unpaired) electrons. The van der Waals surface area contributed by atoms with Crippen molar-refractivity contribution in [2.45, 2.75) is 65.7 Å². The third-order valence-corrected chi connectivity index (χ3v) is 4.35. The first-order valence-corrected chi connectivity index (χ1v) is 9.43. The molecule has 1 saturated carbocycles. The number of nitrogens with one attached hydrogen (secondary N) is 3. The second-order valence-corrected chi connectivity index (χ2v) is 6.78. The highest BCUT2D eigenvalue weighted by atomic mass is 16.1. The molecule has 134 valence electrons. The summed E-state index contributed by atoms with van der Waals surface area (Å²) in [5.74, 6) is 1.92. The minimum absolute atomic E-state index is 0.0386. The minimum atomic E-state index is 0.0386. The lowest BCUT2D eigenvalue weighted by Crippen LogP contribution is -2.42. The fourth-order valence-corrected chi connectivity index (χ4v) is 2.96. The summed E-state index contributed by atoms with van der Waals surface area (Å²) in [6.07, 6.45) is 9.57. The van der Waals surface area contributed by atoms with E-state index < -0.39 is 0 Å². The number of carbonyl (C=O) groups excluding carboxylic acids is 1. The van der Waals surface area contributed by atoms with Gasteiger partial charge in [0.1, 0.15) is 0 Å². The van der Waals surface area contributed by atoms with Crippen LogP contribution in [0, 0.1) is 11.8 Å². The molecule has 1 amide bonds. The zero-order valence-corrected chi connectivity index (χ0v) is 15.3. The monoisotopic (exact) mass is 324 g/mol. The van der Waals surface area contributed by atoms with Gasteiger partial charge in [-0.15, -0.1) is 0 Å². The summed E-state index contributed by atoms with van der Waals surface area (Å²) in [4.78, 5) is 16.1.